The Morgan fingerprint density at radius 2 is 1.85 bits per heavy atom. The molecule has 0 aliphatic heterocycles. The van der Waals surface area contributed by atoms with Gasteiger partial charge in [0.15, 0.2) is 0 Å². The highest BCUT2D eigenvalue weighted by molar-refractivity contribution is 5.74. The van der Waals surface area contributed by atoms with Gasteiger partial charge in [0.25, 0.3) is 0 Å². The van der Waals surface area contributed by atoms with Gasteiger partial charge in [0.2, 0.25) is 0 Å². The lowest BCUT2D eigenvalue weighted by Crippen LogP contribution is -2.17. The smallest absolute Gasteiger partial charge is 0.126 e. The van der Waals surface area contributed by atoms with Gasteiger partial charge in [0.05, 0.1) is 11.0 Å². The number of benzene rings is 2. The molecule has 0 saturated carbocycles. The molecule has 20 heavy (non-hydrogen) atoms. The maximum absolute atomic E-state index is 13.7. The zero-order chi connectivity index (χ0) is 13.9. The molecule has 0 radical (unpaired) electrons. The second-order valence-corrected chi connectivity index (χ2v) is 4.87. The summed E-state index contributed by atoms with van der Waals surface area (Å²) in [5.74, 6) is 0.610. The number of hydrogen-bond acceptors (Lipinski definition) is 2. The van der Waals surface area contributed by atoms with E-state index in [4.69, 9.17) is 5.73 Å². The lowest BCUT2D eigenvalue weighted by Gasteiger charge is -2.12. The predicted molar refractivity (Wildman–Crippen MR) is 78.0 cm³/mol. The molecule has 2 aromatic carbocycles. The zero-order valence-electron chi connectivity index (χ0n) is 11.0. The molecule has 3 nitrogen and oxygen atoms in total. The Kier molecular flexibility index (Phi) is 3.48. The van der Waals surface area contributed by atoms with E-state index in [1.807, 2.05) is 30.3 Å². The first kappa shape index (κ1) is 12.8. The van der Waals surface area contributed by atoms with Gasteiger partial charge >= 0.3 is 0 Å². The van der Waals surface area contributed by atoms with Crippen LogP contribution in [0.3, 0.4) is 0 Å². The second-order valence-electron chi connectivity index (χ2n) is 4.87. The molecule has 1 unspecified atom stereocenters. The minimum absolute atomic E-state index is 0.0145. The molecule has 3 N–H and O–H groups in total. The van der Waals surface area contributed by atoms with Crippen LogP contribution in [0.1, 0.15) is 17.3 Å². The lowest BCUT2D eigenvalue weighted by atomic mass is 9.98. The van der Waals surface area contributed by atoms with Crippen LogP contribution in [0, 0.1) is 5.82 Å². The van der Waals surface area contributed by atoms with E-state index >= 15 is 0 Å². The molecular weight excluding hydrogens is 253 g/mol. The van der Waals surface area contributed by atoms with Crippen molar-refractivity contribution >= 4 is 11.0 Å². The summed E-state index contributed by atoms with van der Waals surface area (Å²) in [7, 11) is 0. The molecule has 3 aromatic rings. The van der Waals surface area contributed by atoms with Crippen molar-refractivity contribution in [1.82, 2.24) is 9.97 Å². The Morgan fingerprint density at radius 3 is 2.60 bits per heavy atom. The van der Waals surface area contributed by atoms with Gasteiger partial charge in [-0.15, -0.1) is 0 Å². The average molecular weight is 269 g/mol. The van der Waals surface area contributed by atoms with Crippen molar-refractivity contribution in [3.63, 3.8) is 0 Å². The van der Waals surface area contributed by atoms with Crippen LogP contribution in [-0.2, 0) is 6.42 Å². The van der Waals surface area contributed by atoms with E-state index in [2.05, 4.69) is 9.97 Å². The molecule has 1 heterocycles. The number of aromatic nitrogens is 2. The Balaban J connectivity index is 1.91. The molecule has 0 fully saturated rings. The van der Waals surface area contributed by atoms with E-state index in [9.17, 15) is 4.39 Å². The summed E-state index contributed by atoms with van der Waals surface area (Å²) >= 11 is 0. The van der Waals surface area contributed by atoms with Crippen molar-refractivity contribution in [1.29, 1.82) is 0 Å². The van der Waals surface area contributed by atoms with Crippen LogP contribution in [0.4, 0.5) is 4.39 Å². The Hall–Kier alpha value is -2.20. The van der Waals surface area contributed by atoms with Crippen molar-refractivity contribution in [3.05, 3.63) is 65.7 Å². The van der Waals surface area contributed by atoms with E-state index in [0.717, 1.165) is 16.9 Å². The average Bonchev–Trinajstić information content (AvgIpc) is 2.90. The van der Waals surface area contributed by atoms with E-state index in [1.165, 1.54) is 6.07 Å². The number of imidazole rings is 1. The molecule has 0 bridgehead atoms. The summed E-state index contributed by atoms with van der Waals surface area (Å²) in [6.45, 7) is 0.425. The standard InChI is InChI=1S/C16H16FN3/c17-13-6-2-1-5-11(13)9-12(10-18)16-19-14-7-3-4-8-15(14)20-16/h1-8,12H,9-10,18H2,(H,19,20). The number of hydrogen-bond donors (Lipinski definition) is 2. The number of fused-ring (bicyclic) bond motifs is 1. The van der Waals surface area contributed by atoms with Gasteiger partial charge in [-0.05, 0) is 30.2 Å². The third-order valence-electron chi connectivity index (χ3n) is 3.50. The van der Waals surface area contributed by atoms with E-state index in [-0.39, 0.29) is 11.7 Å². The maximum Gasteiger partial charge on any atom is 0.126 e. The topological polar surface area (TPSA) is 54.7 Å². The highest BCUT2D eigenvalue weighted by atomic mass is 19.1. The third-order valence-corrected chi connectivity index (χ3v) is 3.50. The van der Waals surface area contributed by atoms with Crippen molar-refractivity contribution < 1.29 is 4.39 Å². The Labute approximate surface area is 116 Å². The fourth-order valence-corrected chi connectivity index (χ4v) is 2.39. The predicted octanol–water partition coefficient (Wildman–Crippen LogP) is 2.99. The molecule has 0 saturated heterocycles. The number of halogens is 1. The Morgan fingerprint density at radius 1 is 1.10 bits per heavy atom. The summed E-state index contributed by atoms with van der Waals surface area (Å²) < 4.78 is 13.7. The molecule has 0 aliphatic rings. The van der Waals surface area contributed by atoms with Crippen LogP contribution in [-0.4, -0.2) is 16.5 Å². The highest BCUT2D eigenvalue weighted by Crippen LogP contribution is 2.22. The first-order valence-electron chi connectivity index (χ1n) is 6.66. The van der Waals surface area contributed by atoms with Crippen molar-refractivity contribution in [3.8, 4) is 0 Å². The third kappa shape index (κ3) is 2.42. The van der Waals surface area contributed by atoms with Crippen LogP contribution >= 0.6 is 0 Å². The summed E-state index contributed by atoms with van der Waals surface area (Å²) in [5, 5.41) is 0. The quantitative estimate of drug-likeness (QED) is 0.765. The van der Waals surface area contributed by atoms with Crippen LogP contribution in [0.2, 0.25) is 0 Å². The van der Waals surface area contributed by atoms with Crippen LogP contribution in [0.5, 0.6) is 0 Å². The number of H-pyrrole nitrogens is 1. The molecule has 4 heteroatoms. The van der Waals surface area contributed by atoms with Gasteiger partial charge in [-0.2, -0.15) is 0 Å². The highest BCUT2D eigenvalue weighted by Gasteiger charge is 2.16. The number of nitrogens with one attached hydrogen (secondary N) is 1. The fourth-order valence-electron chi connectivity index (χ4n) is 2.39. The van der Waals surface area contributed by atoms with Crippen LogP contribution in [0.15, 0.2) is 48.5 Å². The van der Waals surface area contributed by atoms with Gasteiger partial charge in [-0.3, -0.25) is 0 Å². The van der Waals surface area contributed by atoms with Crippen molar-refractivity contribution in [2.75, 3.05) is 6.54 Å². The molecule has 102 valence electrons. The van der Waals surface area contributed by atoms with Gasteiger partial charge < -0.3 is 10.7 Å². The maximum atomic E-state index is 13.7. The van der Waals surface area contributed by atoms with Gasteiger partial charge in [0, 0.05) is 12.5 Å². The van der Waals surface area contributed by atoms with E-state index < -0.39 is 0 Å². The first-order chi connectivity index (χ1) is 9.78. The largest absolute Gasteiger partial charge is 0.342 e. The second kappa shape index (κ2) is 5.43. The Bertz CT molecular complexity index is 687. The van der Waals surface area contributed by atoms with Gasteiger partial charge in [-0.1, -0.05) is 30.3 Å². The first-order valence-corrected chi connectivity index (χ1v) is 6.66. The SMILES string of the molecule is NCC(Cc1ccccc1F)c1nc2ccccc2[nH]1. The van der Waals surface area contributed by atoms with Crippen LogP contribution in [0.25, 0.3) is 11.0 Å². The monoisotopic (exact) mass is 269 g/mol. The zero-order valence-corrected chi connectivity index (χ0v) is 11.0. The van der Waals surface area contributed by atoms with E-state index in [0.29, 0.717) is 18.5 Å². The number of rotatable bonds is 4. The van der Waals surface area contributed by atoms with Crippen molar-refractivity contribution in [2.45, 2.75) is 12.3 Å². The minimum Gasteiger partial charge on any atom is -0.342 e. The van der Waals surface area contributed by atoms with Gasteiger partial charge in [-0.25, -0.2) is 9.37 Å². The number of nitrogens with two attached hydrogens (primary N) is 1. The lowest BCUT2D eigenvalue weighted by molar-refractivity contribution is 0.583. The normalized spacial score (nSPS) is 12.7. The minimum atomic E-state index is -0.193. The molecular formula is C16H16FN3. The molecule has 3 rings (SSSR count). The number of para-hydroxylation sites is 2. The molecule has 0 amide bonds. The molecule has 0 aliphatic carbocycles. The number of nitrogens with zero attached hydrogens (tertiary/aromatic N) is 1. The summed E-state index contributed by atoms with van der Waals surface area (Å²) in [6.07, 6.45) is 0.545. The summed E-state index contributed by atoms with van der Waals surface area (Å²) in [4.78, 5) is 7.82. The van der Waals surface area contributed by atoms with Crippen molar-refractivity contribution in [2.24, 2.45) is 5.73 Å². The number of aromatic amines is 1. The summed E-state index contributed by atoms with van der Waals surface area (Å²) in [5.41, 5.74) is 8.40. The summed E-state index contributed by atoms with van der Waals surface area (Å²) in [6, 6.07) is 14.6. The van der Waals surface area contributed by atoms with Gasteiger partial charge in [0.1, 0.15) is 11.6 Å². The van der Waals surface area contributed by atoms with Crippen LogP contribution < -0.4 is 5.73 Å². The fraction of sp³-hybridized carbons (Fsp3) is 0.188. The molecule has 1 aromatic heterocycles. The molecule has 0 spiro atoms. The van der Waals surface area contributed by atoms with E-state index in [1.54, 1.807) is 12.1 Å². The molecule has 1 atom stereocenters.